The number of likely N-dealkylation sites (N-methyl/N-ethyl adjacent to an activating group) is 1. The van der Waals surface area contributed by atoms with Gasteiger partial charge in [-0.25, -0.2) is 0 Å². The van der Waals surface area contributed by atoms with E-state index in [1.54, 1.807) is 7.05 Å². The average Bonchev–Trinajstić information content (AvgIpc) is 2.00. The highest BCUT2D eigenvalue weighted by Crippen LogP contribution is 1.81. The van der Waals surface area contributed by atoms with Crippen molar-refractivity contribution in [3.05, 3.63) is 0 Å². The quantitative estimate of drug-likeness (QED) is 0.549. The van der Waals surface area contributed by atoms with Crippen molar-refractivity contribution < 1.29 is 14.7 Å². The van der Waals surface area contributed by atoms with Crippen LogP contribution in [0.25, 0.3) is 0 Å². The molecule has 0 saturated carbocycles. The molecule has 0 atom stereocenters. The first-order valence-corrected chi connectivity index (χ1v) is 3.67. The molecule has 0 aromatic rings. The van der Waals surface area contributed by atoms with E-state index in [-0.39, 0.29) is 31.5 Å². The first-order chi connectivity index (χ1) is 5.57. The predicted molar refractivity (Wildman–Crippen MR) is 43.4 cm³/mol. The molecule has 70 valence electrons. The Bertz CT molecular complexity index is 170. The lowest BCUT2D eigenvalue weighted by Crippen LogP contribution is -2.38. The first-order valence-electron chi connectivity index (χ1n) is 3.67. The average molecular weight is 174 g/mol. The topological polar surface area (TPSA) is 69.6 Å². The lowest BCUT2D eigenvalue weighted by molar-refractivity contribution is -0.133. The molecule has 0 aliphatic heterocycles. The van der Waals surface area contributed by atoms with Gasteiger partial charge in [0.1, 0.15) is 0 Å². The third-order valence-corrected chi connectivity index (χ3v) is 1.35. The van der Waals surface area contributed by atoms with E-state index in [0.717, 1.165) is 0 Å². The van der Waals surface area contributed by atoms with Crippen molar-refractivity contribution in [1.82, 2.24) is 10.2 Å². The number of nitrogens with one attached hydrogen (secondary N) is 1. The van der Waals surface area contributed by atoms with Crippen molar-refractivity contribution in [2.75, 3.05) is 26.7 Å². The van der Waals surface area contributed by atoms with Crippen LogP contribution in [0.4, 0.5) is 0 Å². The summed E-state index contributed by atoms with van der Waals surface area (Å²) in [5.41, 5.74) is 0. The zero-order valence-corrected chi connectivity index (χ0v) is 7.33. The fourth-order valence-electron chi connectivity index (χ4n) is 0.578. The molecule has 0 aromatic carbocycles. The molecule has 0 aliphatic rings. The number of carbonyl (C=O) groups is 2. The predicted octanol–water partition coefficient (Wildman–Crippen LogP) is -1.43. The van der Waals surface area contributed by atoms with Crippen LogP contribution in [0.2, 0.25) is 0 Å². The maximum Gasteiger partial charge on any atom is 0.239 e. The van der Waals surface area contributed by atoms with Gasteiger partial charge in [0.15, 0.2) is 0 Å². The van der Waals surface area contributed by atoms with Crippen LogP contribution in [0.5, 0.6) is 0 Å². The fraction of sp³-hybridized carbons (Fsp3) is 0.714. The zero-order chi connectivity index (χ0) is 9.56. The summed E-state index contributed by atoms with van der Waals surface area (Å²) in [7, 11) is 1.54. The van der Waals surface area contributed by atoms with E-state index >= 15 is 0 Å². The summed E-state index contributed by atoms with van der Waals surface area (Å²) >= 11 is 0. The molecule has 0 heterocycles. The van der Waals surface area contributed by atoms with Gasteiger partial charge >= 0.3 is 0 Å². The minimum atomic E-state index is -0.262. The Balaban J connectivity index is 3.61. The second kappa shape index (κ2) is 5.54. The van der Waals surface area contributed by atoms with Gasteiger partial charge in [-0.3, -0.25) is 9.59 Å². The van der Waals surface area contributed by atoms with Crippen LogP contribution in [-0.4, -0.2) is 48.6 Å². The van der Waals surface area contributed by atoms with Crippen LogP contribution in [-0.2, 0) is 9.59 Å². The highest BCUT2D eigenvalue weighted by molar-refractivity contribution is 5.83. The highest BCUT2D eigenvalue weighted by atomic mass is 16.3. The highest BCUT2D eigenvalue weighted by Gasteiger charge is 2.06. The van der Waals surface area contributed by atoms with Crippen LogP contribution < -0.4 is 5.32 Å². The minimum Gasteiger partial charge on any atom is -0.395 e. The summed E-state index contributed by atoms with van der Waals surface area (Å²) in [6, 6.07) is 0. The number of carbonyl (C=O) groups excluding carboxylic acids is 2. The van der Waals surface area contributed by atoms with Gasteiger partial charge in [0.2, 0.25) is 11.8 Å². The smallest absolute Gasteiger partial charge is 0.239 e. The van der Waals surface area contributed by atoms with Crippen molar-refractivity contribution in [2.24, 2.45) is 0 Å². The van der Waals surface area contributed by atoms with E-state index in [1.807, 2.05) is 0 Å². The number of nitrogens with zero attached hydrogens (tertiary/aromatic N) is 1. The molecule has 0 radical (unpaired) electrons. The monoisotopic (exact) mass is 174 g/mol. The van der Waals surface area contributed by atoms with Gasteiger partial charge in [-0.2, -0.15) is 0 Å². The van der Waals surface area contributed by atoms with E-state index < -0.39 is 0 Å². The largest absolute Gasteiger partial charge is 0.395 e. The van der Waals surface area contributed by atoms with Crippen LogP contribution in [0.1, 0.15) is 6.92 Å². The first kappa shape index (κ1) is 10.9. The Hall–Kier alpha value is -1.10. The van der Waals surface area contributed by atoms with E-state index in [1.165, 1.54) is 11.8 Å². The SMILES string of the molecule is CC(=O)N(C)CC(=O)NCCO. The maximum atomic E-state index is 10.9. The van der Waals surface area contributed by atoms with Gasteiger partial charge < -0.3 is 15.3 Å². The molecule has 5 nitrogen and oxygen atoms in total. The normalized spacial score (nSPS) is 9.25. The van der Waals surface area contributed by atoms with Gasteiger partial charge in [-0.15, -0.1) is 0 Å². The Labute approximate surface area is 71.4 Å². The number of aliphatic hydroxyl groups is 1. The van der Waals surface area contributed by atoms with E-state index in [2.05, 4.69) is 5.32 Å². The van der Waals surface area contributed by atoms with Crippen LogP contribution in [0.15, 0.2) is 0 Å². The van der Waals surface area contributed by atoms with Gasteiger partial charge in [0.25, 0.3) is 0 Å². The van der Waals surface area contributed by atoms with Crippen molar-refractivity contribution in [1.29, 1.82) is 0 Å². The molecule has 2 N–H and O–H groups in total. The lowest BCUT2D eigenvalue weighted by Gasteiger charge is -2.13. The molecule has 0 bridgehead atoms. The molecular formula is C7H14N2O3. The third-order valence-electron chi connectivity index (χ3n) is 1.35. The molecule has 0 aromatic heterocycles. The molecule has 0 saturated heterocycles. The van der Waals surface area contributed by atoms with Crippen LogP contribution in [0.3, 0.4) is 0 Å². The molecule has 0 rings (SSSR count). The number of hydrogen-bond acceptors (Lipinski definition) is 3. The Morgan fingerprint density at radius 2 is 2.08 bits per heavy atom. The molecule has 5 heteroatoms. The molecule has 12 heavy (non-hydrogen) atoms. The Morgan fingerprint density at radius 3 is 2.50 bits per heavy atom. The minimum absolute atomic E-state index is 0.0370. The summed E-state index contributed by atoms with van der Waals surface area (Å²) in [5.74, 6) is -0.420. The lowest BCUT2D eigenvalue weighted by atomic mass is 10.5. The Kier molecular flexibility index (Phi) is 5.03. The van der Waals surface area contributed by atoms with Crippen LogP contribution >= 0.6 is 0 Å². The van der Waals surface area contributed by atoms with E-state index in [9.17, 15) is 9.59 Å². The van der Waals surface area contributed by atoms with Crippen molar-refractivity contribution in [3.63, 3.8) is 0 Å². The third kappa shape index (κ3) is 4.68. The molecule has 0 fully saturated rings. The van der Waals surface area contributed by atoms with Crippen molar-refractivity contribution in [3.8, 4) is 0 Å². The standard InChI is InChI=1S/C7H14N2O3/c1-6(11)9(2)5-7(12)8-3-4-10/h10H,3-5H2,1-2H3,(H,8,12). The van der Waals surface area contributed by atoms with Gasteiger partial charge in [0.05, 0.1) is 13.2 Å². The molecule has 2 amide bonds. The number of hydrogen-bond donors (Lipinski definition) is 2. The van der Waals surface area contributed by atoms with Crippen molar-refractivity contribution >= 4 is 11.8 Å². The summed E-state index contributed by atoms with van der Waals surface area (Å²) in [5, 5.41) is 10.8. The van der Waals surface area contributed by atoms with E-state index in [0.29, 0.717) is 0 Å². The van der Waals surface area contributed by atoms with Gasteiger partial charge in [-0.05, 0) is 0 Å². The maximum absolute atomic E-state index is 10.9. The fourth-order valence-corrected chi connectivity index (χ4v) is 0.578. The van der Waals surface area contributed by atoms with Gasteiger partial charge in [-0.1, -0.05) is 0 Å². The number of aliphatic hydroxyl groups excluding tert-OH is 1. The van der Waals surface area contributed by atoms with Crippen LogP contribution in [0, 0.1) is 0 Å². The summed E-state index contributed by atoms with van der Waals surface area (Å²) in [6.07, 6.45) is 0. The summed E-state index contributed by atoms with van der Waals surface area (Å²) in [6.45, 7) is 1.56. The molecule has 0 unspecified atom stereocenters. The molecular weight excluding hydrogens is 160 g/mol. The molecule has 0 aliphatic carbocycles. The van der Waals surface area contributed by atoms with Gasteiger partial charge in [0, 0.05) is 20.5 Å². The summed E-state index contributed by atoms with van der Waals surface area (Å²) < 4.78 is 0. The second-order valence-corrected chi connectivity index (χ2v) is 2.45. The number of rotatable bonds is 4. The zero-order valence-electron chi connectivity index (χ0n) is 7.33. The molecule has 0 spiro atoms. The summed E-state index contributed by atoms with van der Waals surface area (Å²) in [4.78, 5) is 22.8. The number of amides is 2. The Morgan fingerprint density at radius 1 is 1.50 bits per heavy atom. The van der Waals surface area contributed by atoms with Crippen molar-refractivity contribution in [2.45, 2.75) is 6.92 Å². The van der Waals surface area contributed by atoms with E-state index in [4.69, 9.17) is 5.11 Å². The second-order valence-electron chi connectivity index (χ2n) is 2.45.